The fourth-order valence-corrected chi connectivity index (χ4v) is 7.42. The molecule has 252 valence electrons. The summed E-state index contributed by atoms with van der Waals surface area (Å²) in [5.41, 5.74) is 17.0. The Labute approximate surface area is 308 Å². The molecule has 0 amide bonds. The maximum Gasteiger partial charge on any atom is 0.0572 e. The molecule has 9 rings (SSSR count). The third-order valence-electron chi connectivity index (χ3n) is 10.2. The third kappa shape index (κ3) is 7.45. The molecule has 1 atom stereocenters. The normalized spacial score (nSPS) is 14.3. The van der Waals surface area contributed by atoms with E-state index in [2.05, 4.69) is 206 Å². The molecule has 0 fully saturated rings. The molecule has 0 N–H and O–H groups in total. The molecule has 1 heterocycles. The fourth-order valence-electron chi connectivity index (χ4n) is 7.42. The first-order chi connectivity index (χ1) is 25.7. The lowest BCUT2D eigenvalue weighted by Gasteiger charge is -2.41. The lowest BCUT2D eigenvalue weighted by molar-refractivity contribution is 0.778. The lowest BCUT2D eigenvalue weighted by atomic mass is 9.82. The van der Waals surface area contributed by atoms with Gasteiger partial charge in [0.05, 0.1) is 6.04 Å². The molecule has 52 heavy (non-hydrogen) atoms. The highest BCUT2D eigenvalue weighted by Gasteiger charge is 2.32. The summed E-state index contributed by atoms with van der Waals surface area (Å²) in [6.45, 7) is 2.11. The van der Waals surface area contributed by atoms with Crippen LogP contribution in [-0.2, 0) is 12.8 Å². The van der Waals surface area contributed by atoms with E-state index in [1.165, 1.54) is 72.6 Å². The molecule has 0 saturated heterocycles. The summed E-state index contributed by atoms with van der Waals surface area (Å²) in [7, 11) is 0. The monoisotopic (exact) mass is 669 g/mol. The van der Waals surface area contributed by atoms with Gasteiger partial charge in [0.1, 0.15) is 0 Å². The van der Waals surface area contributed by atoms with Crippen LogP contribution in [0, 0.1) is 6.92 Å². The predicted octanol–water partition coefficient (Wildman–Crippen LogP) is 13.2. The van der Waals surface area contributed by atoms with Gasteiger partial charge in [-0.05, 0) is 94.5 Å². The van der Waals surface area contributed by atoms with E-state index in [1.807, 2.05) is 6.07 Å². The van der Waals surface area contributed by atoms with Gasteiger partial charge >= 0.3 is 0 Å². The summed E-state index contributed by atoms with van der Waals surface area (Å²) in [6.07, 6.45) is 8.03. The van der Waals surface area contributed by atoms with E-state index in [1.54, 1.807) is 0 Å². The second kappa shape index (κ2) is 15.4. The molecule has 0 spiro atoms. The summed E-state index contributed by atoms with van der Waals surface area (Å²) >= 11 is 0. The summed E-state index contributed by atoms with van der Waals surface area (Å²) in [5.74, 6) is 0. The molecule has 1 aliphatic heterocycles. The smallest absolute Gasteiger partial charge is 0.0572 e. The second-order valence-electron chi connectivity index (χ2n) is 13.8. The molecule has 0 radical (unpaired) electrons. The maximum atomic E-state index is 2.53. The van der Waals surface area contributed by atoms with Gasteiger partial charge in [-0.2, -0.15) is 0 Å². The van der Waals surface area contributed by atoms with Crippen molar-refractivity contribution in [3.05, 3.63) is 228 Å². The largest absolute Gasteiger partial charge is 0.334 e. The zero-order valence-electron chi connectivity index (χ0n) is 29.7. The summed E-state index contributed by atoms with van der Waals surface area (Å²) < 4.78 is 0. The van der Waals surface area contributed by atoms with E-state index in [-0.39, 0.29) is 6.04 Å². The van der Waals surface area contributed by atoms with Crippen molar-refractivity contribution in [1.29, 1.82) is 0 Å². The highest BCUT2D eigenvalue weighted by atomic mass is 15.2. The molecule has 2 bridgehead atoms. The third-order valence-corrected chi connectivity index (χ3v) is 10.2. The van der Waals surface area contributed by atoms with Crippen LogP contribution in [0.15, 0.2) is 200 Å². The maximum absolute atomic E-state index is 2.53. The van der Waals surface area contributed by atoms with Crippen LogP contribution in [0.2, 0.25) is 0 Å². The number of benzene rings is 7. The minimum atomic E-state index is 0.277. The number of hydrogen-bond acceptors (Lipinski definition) is 1. The van der Waals surface area contributed by atoms with Gasteiger partial charge in [0, 0.05) is 16.9 Å². The van der Waals surface area contributed by atoms with Gasteiger partial charge in [0.25, 0.3) is 0 Å². The number of para-hydroxylation sites is 1. The molecule has 0 saturated carbocycles. The minimum Gasteiger partial charge on any atom is -0.334 e. The first-order valence-electron chi connectivity index (χ1n) is 18.4. The van der Waals surface area contributed by atoms with Crippen molar-refractivity contribution in [3.8, 4) is 22.3 Å². The Morgan fingerprint density at radius 3 is 1.71 bits per heavy atom. The molecule has 2 aliphatic rings. The SMILES string of the molecule is C1=C(c2ccc(CCc3ccccc3)cc2)C=C2CC1N(c1cccc(-c3ccccc3)c1)c1ccccc12.Cc1ccc(-c2ccccc2)cc1. The molecule has 7 aromatic rings. The van der Waals surface area contributed by atoms with Crippen LogP contribution >= 0.6 is 0 Å². The molecular weight excluding hydrogens is 627 g/mol. The van der Waals surface area contributed by atoms with E-state index in [0.717, 1.165) is 19.3 Å². The first-order valence-corrected chi connectivity index (χ1v) is 18.4. The van der Waals surface area contributed by atoms with E-state index < -0.39 is 0 Å². The van der Waals surface area contributed by atoms with Gasteiger partial charge in [-0.15, -0.1) is 0 Å². The van der Waals surface area contributed by atoms with Crippen LogP contribution in [0.3, 0.4) is 0 Å². The van der Waals surface area contributed by atoms with Gasteiger partial charge in [-0.3, -0.25) is 0 Å². The van der Waals surface area contributed by atoms with Crippen LogP contribution in [0.1, 0.15) is 34.2 Å². The van der Waals surface area contributed by atoms with Gasteiger partial charge in [-0.1, -0.05) is 188 Å². The van der Waals surface area contributed by atoms with E-state index in [0.29, 0.717) is 0 Å². The van der Waals surface area contributed by atoms with Crippen LogP contribution in [0.4, 0.5) is 11.4 Å². The molecular formula is C51H43N. The van der Waals surface area contributed by atoms with Crippen LogP contribution in [0.5, 0.6) is 0 Å². The Bertz CT molecular complexity index is 2300. The van der Waals surface area contributed by atoms with Crippen molar-refractivity contribution in [2.75, 3.05) is 4.90 Å². The van der Waals surface area contributed by atoms with Crippen molar-refractivity contribution in [3.63, 3.8) is 0 Å². The number of hydrogen-bond donors (Lipinski definition) is 0. The number of aryl methyl sites for hydroxylation is 3. The van der Waals surface area contributed by atoms with Crippen molar-refractivity contribution >= 4 is 22.5 Å². The number of allylic oxidation sites excluding steroid dienone is 2. The van der Waals surface area contributed by atoms with Crippen molar-refractivity contribution in [2.24, 2.45) is 0 Å². The van der Waals surface area contributed by atoms with Crippen molar-refractivity contribution in [1.82, 2.24) is 0 Å². The Morgan fingerprint density at radius 1 is 0.481 bits per heavy atom. The molecule has 1 nitrogen and oxygen atoms in total. The quantitative estimate of drug-likeness (QED) is 0.163. The number of anilines is 2. The topological polar surface area (TPSA) is 3.24 Å². The standard InChI is InChI=1S/C38H31N.C13H12/c1-3-10-28(11-4-1)18-19-29-20-22-31(23-21-29)33-24-34-27-36(26-33)39(38-17-8-7-16-37(34)38)35-15-9-14-32(25-35)30-12-5-2-6-13-30;1-11-7-9-13(10-8-11)12-5-3-2-4-6-12/h1-17,20-26,36H,18-19,27H2;2-10H,1H3. The van der Waals surface area contributed by atoms with E-state index in [4.69, 9.17) is 0 Å². The molecule has 7 aromatic carbocycles. The van der Waals surface area contributed by atoms with Gasteiger partial charge in [-0.25, -0.2) is 0 Å². The Hall–Kier alpha value is -6.18. The second-order valence-corrected chi connectivity index (χ2v) is 13.8. The highest BCUT2D eigenvalue weighted by molar-refractivity contribution is 5.95. The molecule has 1 unspecified atom stereocenters. The Balaban J connectivity index is 0.000000250. The summed E-state index contributed by atoms with van der Waals surface area (Å²) in [5, 5.41) is 0. The van der Waals surface area contributed by atoms with E-state index in [9.17, 15) is 0 Å². The Morgan fingerprint density at radius 2 is 1.02 bits per heavy atom. The minimum absolute atomic E-state index is 0.277. The van der Waals surface area contributed by atoms with Gasteiger partial charge < -0.3 is 4.90 Å². The number of rotatable bonds is 7. The molecule has 0 aromatic heterocycles. The fraction of sp³-hybridized carbons (Fsp3) is 0.0980. The first kappa shape index (κ1) is 33.0. The summed E-state index contributed by atoms with van der Waals surface area (Å²) in [6, 6.07) is 67.8. The number of nitrogens with zero attached hydrogens (tertiary/aromatic N) is 1. The average Bonchev–Trinajstić information content (AvgIpc) is 3.22. The Kier molecular flexibility index (Phi) is 9.75. The highest BCUT2D eigenvalue weighted by Crippen LogP contribution is 2.47. The zero-order valence-corrected chi connectivity index (χ0v) is 29.7. The zero-order chi connectivity index (χ0) is 35.1. The molecule has 1 heteroatoms. The average molecular weight is 670 g/mol. The lowest BCUT2D eigenvalue weighted by Crippen LogP contribution is -2.35. The van der Waals surface area contributed by atoms with Crippen LogP contribution in [-0.4, -0.2) is 6.04 Å². The van der Waals surface area contributed by atoms with Crippen molar-refractivity contribution in [2.45, 2.75) is 32.2 Å². The van der Waals surface area contributed by atoms with Crippen LogP contribution < -0.4 is 4.90 Å². The van der Waals surface area contributed by atoms with E-state index >= 15 is 0 Å². The molecule has 1 aliphatic carbocycles. The van der Waals surface area contributed by atoms with Gasteiger partial charge in [0.15, 0.2) is 0 Å². The predicted molar refractivity (Wildman–Crippen MR) is 222 cm³/mol. The number of fused-ring (bicyclic) bond motifs is 4. The van der Waals surface area contributed by atoms with Gasteiger partial charge in [0.2, 0.25) is 0 Å². The van der Waals surface area contributed by atoms with Crippen molar-refractivity contribution < 1.29 is 0 Å². The van der Waals surface area contributed by atoms with Crippen LogP contribution in [0.25, 0.3) is 33.4 Å². The summed E-state index contributed by atoms with van der Waals surface area (Å²) in [4.78, 5) is 2.53.